The maximum atomic E-state index is 12.7. The molecule has 8 nitrogen and oxygen atoms in total. The Bertz CT molecular complexity index is 959. The number of ketones is 1. The summed E-state index contributed by atoms with van der Waals surface area (Å²) >= 11 is 0. The minimum atomic E-state index is -0.216. The molecule has 0 bridgehead atoms. The first-order valence-corrected chi connectivity index (χ1v) is 8.92. The van der Waals surface area contributed by atoms with Gasteiger partial charge < -0.3 is 14.2 Å². The standard InChI is InChI=1S/C20H22N4O4/c1-4-24(12-15-10-21-23(3)11-15)20(26)19-9-18(28-22-19)13-27-17-7-5-16(6-8-17)14(2)25/h5-11H,4,12-13H2,1-3H3. The second-order valence-corrected chi connectivity index (χ2v) is 6.39. The Morgan fingerprint density at radius 3 is 2.61 bits per heavy atom. The number of hydrogen-bond donors (Lipinski definition) is 0. The van der Waals surface area contributed by atoms with Crippen molar-refractivity contribution in [2.75, 3.05) is 6.54 Å². The van der Waals surface area contributed by atoms with E-state index in [9.17, 15) is 9.59 Å². The number of aromatic nitrogens is 3. The van der Waals surface area contributed by atoms with Crippen LogP contribution in [0.25, 0.3) is 0 Å². The zero-order valence-electron chi connectivity index (χ0n) is 16.1. The van der Waals surface area contributed by atoms with E-state index in [0.717, 1.165) is 5.56 Å². The molecule has 0 unspecified atom stereocenters. The van der Waals surface area contributed by atoms with Crippen molar-refractivity contribution in [1.82, 2.24) is 19.8 Å². The van der Waals surface area contributed by atoms with Crippen molar-refractivity contribution in [3.8, 4) is 5.75 Å². The molecular weight excluding hydrogens is 360 g/mol. The second-order valence-electron chi connectivity index (χ2n) is 6.39. The third kappa shape index (κ3) is 4.64. The molecule has 28 heavy (non-hydrogen) atoms. The van der Waals surface area contributed by atoms with Crippen molar-refractivity contribution in [2.24, 2.45) is 7.05 Å². The molecule has 0 N–H and O–H groups in total. The highest BCUT2D eigenvalue weighted by atomic mass is 16.5. The lowest BCUT2D eigenvalue weighted by Gasteiger charge is -2.18. The molecule has 146 valence electrons. The van der Waals surface area contributed by atoms with Gasteiger partial charge in [0.2, 0.25) is 0 Å². The number of rotatable bonds is 8. The molecule has 0 radical (unpaired) electrons. The first-order valence-electron chi connectivity index (χ1n) is 8.92. The number of amides is 1. The van der Waals surface area contributed by atoms with Crippen molar-refractivity contribution < 1.29 is 18.8 Å². The quantitative estimate of drug-likeness (QED) is 0.557. The fourth-order valence-electron chi connectivity index (χ4n) is 2.69. The molecule has 0 aliphatic heterocycles. The number of carbonyl (C=O) groups excluding carboxylic acids is 2. The van der Waals surface area contributed by atoms with Crippen molar-refractivity contribution >= 4 is 11.7 Å². The molecule has 0 aliphatic rings. The van der Waals surface area contributed by atoms with Crippen LogP contribution in [0.5, 0.6) is 5.75 Å². The van der Waals surface area contributed by atoms with E-state index in [1.165, 1.54) is 6.92 Å². The highest BCUT2D eigenvalue weighted by Crippen LogP contribution is 2.16. The highest BCUT2D eigenvalue weighted by molar-refractivity contribution is 5.94. The fourth-order valence-corrected chi connectivity index (χ4v) is 2.69. The lowest BCUT2D eigenvalue weighted by atomic mass is 10.1. The molecule has 0 saturated heterocycles. The van der Waals surface area contributed by atoms with Crippen molar-refractivity contribution in [1.29, 1.82) is 0 Å². The van der Waals surface area contributed by atoms with Gasteiger partial charge in [0, 0.05) is 43.5 Å². The van der Waals surface area contributed by atoms with E-state index in [4.69, 9.17) is 9.26 Å². The molecule has 0 spiro atoms. The molecule has 0 saturated carbocycles. The summed E-state index contributed by atoms with van der Waals surface area (Å²) in [4.78, 5) is 25.6. The van der Waals surface area contributed by atoms with Gasteiger partial charge in [-0.1, -0.05) is 5.16 Å². The summed E-state index contributed by atoms with van der Waals surface area (Å²) in [6.45, 7) is 4.54. The Morgan fingerprint density at radius 2 is 2.00 bits per heavy atom. The summed E-state index contributed by atoms with van der Waals surface area (Å²) in [6, 6.07) is 8.41. The van der Waals surface area contributed by atoms with Crippen LogP contribution in [0.3, 0.4) is 0 Å². The van der Waals surface area contributed by atoms with Crippen molar-refractivity contribution in [3.05, 3.63) is 65.3 Å². The van der Waals surface area contributed by atoms with Crippen LogP contribution in [0, 0.1) is 0 Å². The van der Waals surface area contributed by atoms with Gasteiger partial charge in [0.15, 0.2) is 17.2 Å². The fraction of sp³-hybridized carbons (Fsp3) is 0.300. The minimum Gasteiger partial charge on any atom is -0.486 e. The molecular formula is C20H22N4O4. The molecule has 0 atom stereocenters. The van der Waals surface area contributed by atoms with Gasteiger partial charge in [0.1, 0.15) is 12.4 Å². The largest absolute Gasteiger partial charge is 0.486 e. The normalized spacial score (nSPS) is 10.7. The highest BCUT2D eigenvalue weighted by Gasteiger charge is 2.19. The number of benzene rings is 1. The summed E-state index contributed by atoms with van der Waals surface area (Å²) in [5.74, 6) is 0.821. The van der Waals surface area contributed by atoms with Crippen LogP contribution in [0.1, 0.15) is 46.0 Å². The van der Waals surface area contributed by atoms with E-state index in [2.05, 4.69) is 10.3 Å². The second kappa shape index (κ2) is 8.51. The number of carbonyl (C=O) groups is 2. The molecule has 1 aromatic carbocycles. The summed E-state index contributed by atoms with van der Waals surface area (Å²) in [6.07, 6.45) is 3.60. The van der Waals surface area contributed by atoms with Crippen LogP contribution in [0.4, 0.5) is 0 Å². The average Bonchev–Trinajstić information content (AvgIpc) is 3.33. The Balaban J connectivity index is 1.60. The van der Waals surface area contributed by atoms with Gasteiger partial charge in [0.05, 0.1) is 6.20 Å². The lowest BCUT2D eigenvalue weighted by Crippen LogP contribution is -2.30. The smallest absolute Gasteiger partial charge is 0.276 e. The third-order valence-electron chi connectivity index (χ3n) is 4.22. The predicted molar refractivity (Wildman–Crippen MR) is 101 cm³/mol. The minimum absolute atomic E-state index is 0.00305. The van der Waals surface area contributed by atoms with Crippen LogP contribution < -0.4 is 4.74 Å². The van der Waals surface area contributed by atoms with E-state index >= 15 is 0 Å². The van der Waals surface area contributed by atoms with Crippen molar-refractivity contribution in [3.63, 3.8) is 0 Å². The monoisotopic (exact) mass is 382 g/mol. The predicted octanol–water partition coefficient (Wildman–Crippen LogP) is 2.85. The molecule has 3 rings (SSSR count). The van der Waals surface area contributed by atoms with Gasteiger partial charge in [0.25, 0.3) is 5.91 Å². The molecule has 3 aromatic rings. The maximum Gasteiger partial charge on any atom is 0.276 e. The third-order valence-corrected chi connectivity index (χ3v) is 4.22. The van der Waals surface area contributed by atoms with Crippen LogP contribution in [-0.2, 0) is 20.2 Å². The average molecular weight is 382 g/mol. The summed E-state index contributed by atoms with van der Waals surface area (Å²) in [5, 5.41) is 7.99. The molecule has 0 aliphatic carbocycles. The Kier molecular flexibility index (Phi) is 5.88. The zero-order valence-corrected chi connectivity index (χ0v) is 16.1. The van der Waals surface area contributed by atoms with Crippen LogP contribution in [0.2, 0.25) is 0 Å². The van der Waals surface area contributed by atoms with Crippen LogP contribution in [-0.4, -0.2) is 38.1 Å². The van der Waals surface area contributed by atoms with E-state index in [1.807, 2.05) is 20.2 Å². The van der Waals surface area contributed by atoms with E-state index < -0.39 is 0 Å². The SMILES string of the molecule is CCN(Cc1cnn(C)c1)C(=O)c1cc(COc2ccc(C(C)=O)cc2)on1. The summed E-state index contributed by atoms with van der Waals surface area (Å²) < 4.78 is 12.5. The topological polar surface area (TPSA) is 90.5 Å². The number of aryl methyl sites for hydroxylation is 1. The molecule has 0 fully saturated rings. The van der Waals surface area contributed by atoms with Crippen molar-refractivity contribution in [2.45, 2.75) is 27.0 Å². The van der Waals surface area contributed by atoms with Gasteiger partial charge in [-0.2, -0.15) is 5.10 Å². The van der Waals surface area contributed by atoms with E-state index in [-0.39, 0.29) is 24.0 Å². The first-order chi connectivity index (χ1) is 13.5. The molecule has 8 heteroatoms. The van der Waals surface area contributed by atoms with Crippen LogP contribution >= 0.6 is 0 Å². The van der Waals surface area contributed by atoms with Gasteiger partial charge in [-0.05, 0) is 38.1 Å². The molecule has 2 aromatic heterocycles. The van der Waals surface area contributed by atoms with Gasteiger partial charge in [-0.25, -0.2) is 0 Å². The molecule has 2 heterocycles. The van der Waals surface area contributed by atoms with Crippen LogP contribution in [0.15, 0.2) is 47.2 Å². The maximum absolute atomic E-state index is 12.7. The summed E-state index contributed by atoms with van der Waals surface area (Å²) in [7, 11) is 1.83. The summed E-state index contributed by atoms with van der Waals surface area (Å²) in [5.41, 5.74) is 1.79. The number of Topliss-reactive ketones (excluding diaryl/α,β-unsaturated/α-hetero) is 1. The van der Waals surface area contributed by atoms with Gasteiger partial charge >= 0.3 is 0 Å². The number of ether oxygens (including phenoxy) is 1. The Hall–Kier alpha value is -3.42. The van der Waals surface area contributed by atoms with E-state index in [1.54, 1.807) is 46.1 Å². The Labute approximate surface area is 162 Å². The number of nitrogens with zero attached hydrogens (tertiary/aromatic N) is 4. The number of hydrogen-bond acceptors (Lipinski definition) is 6. The Morgan fingerprint density at radius 1 is 1.25 bits per heavy atom. The first kappa shape index (κ1) is 19.3. The lowest BCUT2D eigenvalue weighted by molar-refractivity contribution is 0.0741. The van der Waals surface area contributed by atoms with Gasteiger partial charge in [-0.3, -0.25) is 14.3 Å². The van der Waals surface area contributed by atoms with E-state index in [0.29, 0.717) is 30.2 Å². The van der Waals surface area contributed by atoms with Gasteiger partial charge in [-0.15, -0.1) is 0 Å². The molecule has 1 amide bonds. The zero-order chi connectivity index (χ0) is 20.1.